The summed E-state index contributed by atoms with van der Waals surface area (Å²) in [4.78, 5) is 16.0. The van der Waals surface area contributed by atoms with Crippen molar-refractivity contribution in [1.29, 1.82) is 0 Å². The molecule has 3 rings (SSSR count). The Hall–Kier alpha value is -1.66. The molecule has 1 heterocycles. The minimum absolute atomic E-state index is 0.261. The zero-order valence-electron chi connectivity index (χ0n) is 14.1. The van der Waals surface area contributed by atoms with E-state index in [1.54, 1.807) is 19.2 Å². The number of aliphatic hydroxyl groups is 1. The van der Waals surface area contributed by atoms with Crippen LogP contribution in [0.3, 0.4) is 0 Å². The van der Waals surface area contributed by atoms with Gasteiger partial charge in [0, 0.05) is 32.2 Å². The molecule has 0 bridgehead atoms. The van der Waals surface area contributed by atoms with E-state index in [-0.39, 0.29) is 5.91 Å². The van der Waals surface area contributed by atoms with Gasteiger partial charge in [-0.15, -0.1) is 0 Å². The molecule has 1 aromatic rings. The first kappa shape index (κ1) is 17.2. The predicted octanol–water partition coefficient (Wildman–Crippen LogP) is 2.04. The molecule has 2 aliphatic rings. The zero-order valence-corrected chi connectivity index (χ0v) is 14.1. The molecule has 1 saturated heterocycles. The third kappa shape index (κ3) is 3.70. The Labute approximate surface area is 142 Å². The summed E-state index contributed by atoms with van der Waals surface area (Å²) in [6.45, 7) is 2.76. The number of amides is 1. The molecule has 0 spiro atoms. The molecule has 132 valence electrons. The number of hydrogen-bond donors (Lipinski definition) is 1. The van der Waals surface area contributed by atoms with E-state index < -0.39 is 11.4 Å². The highest BCUT2D eigenvalue weighted by Gasteiger charge is 2.33. The first-order valence-corrected chi connectivity index (χ1v) is 8.59. The Morgan fingerprint density at radius 2 is 2.00 bits per heavy atom. The fraction of sp³-hybridized carbons (Fsp3) is 0.611. The molecule has 1 aromatic carbocycles. The van der Waals surface area contributed by atoms with Gasteiger partial charge in [-0.2, -0.15) is 0 Å². The maximum absolute atomic E-state index is 14.4. The van der Waals surface area contributed by atoms with Gasteiger partial charge in [-0.3, -0.25) is 4.79 Å². The molecular weight excluding hydrogens is 311 g/mol. The molecule has 1 aliphatic carbocycles. The number of rotatable bonds is 4. The van der Waals surface area contributed by atoms with Gasteiger partial charge in [-0.1, -0.05) is 12.8 Å². The van der Waals surface area contributed by atoms with Crippen LogP contribution in [0.4, 0.5) is 10.1 Å². The molecule has 2 fully saturated rings. The Balaban J connectivity index is 1.69. The zero-order chi connectivity index (χ0) is 17.2. The molecule has 1 aliphatic heterocycles. The molecular formula is C18H25FN2O3. The lowest BCUT2D eigenvalue weighted by molar-refractivity contribution is 0.0156. The molecule has 0 unspecified atom stereocenters. The first-order chi connectivity index (χ1) is 11.5. The van der Waals surface area contributed by atoms with Gasteiger partial charge in [0.1, 0.15) is 5.82 Å². The summed E-state index contributed by atoms with van der Waals surface area (Å²) in [5.41, 5.74) is 0.0250. The molecule has 1 N–H and O–H groups in total. The van der Waals surface area contributed by atoms with Crippen molar-refractivity contribution in [2.24, 2.45) is 0 Å². The van der Waals surface area contributed by atoms with Crippen LogP contribution in [0.5, 0.6) is 0 Å². The Bertz CT molecular complexity index is 596. The van der Waals surface area contributed by atoms with Crippen LogP contribution in [-0.2, 0) is 4.74 Å². The van der Waals surface area contributed by atoms with Gasteiger partial charge in [0.2, 0.25) is 0 Å². The Morgan fingerprint density at radius 3 is 2.62 bits per heavy atom. The maximum Gasteiger partial charge on any atom is 0.253 e. The third-order valence-corrected chi connectivity index (χ3v) is 4.96. The molecule has 24 heavy (non-hydrogen) atoms. The van der Waals surface area contributed by atoms with Crippen LogP contribution in [0.1, 0.15) is 36.0 Å². The normalized spacial score (nSPS) is 20.2. The highest BCUT2D eigenvalue weighted by atomic mass is 19.1. The summed E-state index contributed by atoms with van der Waals surface area (Å²) >= 11 is 0. The summed E-state index contributed by atoms with van der Waals surface area (Å²) in [7, 11) is 1.66. The standard InChI is InChI=1S/C18H25FN2O3/c1-20(13-18(23)6-2-3-7-18)17(22)14-4-5-16(15(19)12-14)21-8-10-24-11-9-21/h4-5,12,23H,2-3,6-11,13H2,1H3. The smallest absolute Gasteiger partial charge is 0.253 e. The number of morpholine rings is 1. The largest absolute Gasteiger partial charge is 0.388 e. The van der Waals surface area contributed by atoms with Gasteiger partial charge in [0.25, 0.3) is 5.91 Å². The number of carbonyl (C=O) groups excluding carboxylic acids is 1. The third-order valence-electron chi connectivity index (χ3n) is 4.96. The van der Waals surface area contributed by atoms with Crippen molar-refractivity contribution in [1.82, 2.24) is 4.90 Å². The van der Waals surface area contributed by atoms with Crippen LogP contribution in [0.15, 0.2) is 18.2 Å². The maximum atomic E-state index is 14.4. The number of hydrogen-bond acceptors (Lipinski definition) is 4. The van der Waals surface area contributed by atoms with E-state index >= 15 is 0 Å². The predicted molar refractivity (Wildman–Crippen MR) is 89.8 cm³/mol. The van der Waals surface area contributed by atoms with Gasteiger partial charge in [0.15, 0.2) is 0 Å². The van der Waals surface area contributed by atoms with Crippen molar-refractivity contribution in [2.45, 2.75) is 31.3 Å². The minimum atomic E-state index is -0.795. The average Bonchev–Trinajstić information content (AvgIpc) is 3.01. The summed E-state index contributed by atoms with van der Waals surface area (Å²) < 4.78 is 19.7. The summed E-state index contributed by atoms with van der Waals surface area (Å²) in [5, 5.41) is 10.4. The molecule has 5 nitrogen and oxygen atoms in total. The quantitative estimate of drug-likeness (QED) is 0.914. The van der Waals surface area contributed by atoms with E-state index in [9.17, 15) is 14.3 Å². The topological polar surface area (TPSA) is 53.0 Å². The van der Waals surface area contributed by atoms with Crippen molar-refractivity contribution in [3.63, 3.8) is 0 Å². The Kier molecular flexibility index (Phi) is 5.06. The van der Waals surface area contributed by atoms with Crippen LogP contribution in [0.2, 0.25) is 0 Å². The number of likely N-dealkylation sites (N-methyl/N-ethyl adjacent to an activating group) is 1. The van der Waals surface area contributed by atoms with Crippen LogP contribution in [0.25, 0.3) is 0 Å². The van der Waals surface area contributed by atoms with Gasteiger partial charge in [0.05, 0.1) is 24.5 Å². The molecule has 0 radical (unpaired) electrons. The van der Waals surface area contributed by atoms with Crippen LogP contribution in [0, 0.1) is 5.82 Å². The van der Waals surface area contributed by atoms with Crippen LogP contribution < -0.4 is 4.90 Å². The lowest BCUT2D eigenvalue weighted by Gasteiger charge is -2.30. The lowest BCUT2D eigenvalue weighted by Crippen LogP contribution is -2.42. The number of benzene rings is 1. The number of nitrogens with zero attached hydrogens (tertiary/aromatic N) is 2. The van der Waals surface area contributed by atoms with Gasteiger partial charge in [-0.05, 0) is 31.0 Å². The fourth-order valence-corrected chi connectivity index (χ4v) is 3.63. The van der Waals surface area contributed by atoms with Gasteiger partial charge in [-0.25, -0.2) is 4.39 Å². The molecule has 0 aromatic heterocycles. The van der Waals surface area contributed by atoms with E-state index in [1.807, 2.05) is 4.90 Å². The van der Waals surface area contributed by atoms with E-state index in [1.165, 1.54) is 11.0 Å². The molecule has 0 atom stereocenters. The van der Waals surface area contributed by atoms with E-state index in [2.05, 4.69) is 0 Å². The number of ether oxygens (including phenoxy) is 1. The van der Waals surface area contributed by atoms with E-state index in [4.69, 9.17) is 4.74 Å². The summed E-state index contributed by atoms with van der Waals surface area (Å²) in [6.07, 6.45) is 3.41. The highest BCUT2D eigenvalue weighted by molar-refractivity contribution is 5.94. The van der Waals surface area contributed by atoms with E-state index in [0.29, 0.717) is 44.1 Å². The SMILES string of the molecule is CN(CC1(O)CCCC1)C(=O)c1ccc(N2CCOCC2)c(F)c1. The Morgan fingerprint density at radius 1 is 1.33 bits per heavy atom. The minimum Gasteiger partial charge on any atom is -0.388 e. The van der Waals surface area contributed by atoms with Gasteiger partial charge >= 0.3 is 0 Å². The molecule has 1 saturated carbocycles. The summed E-state index contributed by atoms with van der Waals surface area (Å²) in [5.74, 6) is -0.654. The first-order valence-electron chi connectivity index (χ1n) is 8.59. The van der Waals surface area contributed by atoms with Crippen LogP contribution in [-0.4, -0.2) is 61.4 Å². The summed E-state index contributed by atoms with van der Waals surface area (Å²) in [6, 6.07) is 4.61. The van der Waals surface area contributed by atoms with Gasteiger partial charge < -0.3 is 19.6 Å². The van der Waals surface area contributed by atoms with Crippen LogP contribution >= 0.6 is 0 Å². The lowest BCUT2D eigenvalue weighted by atomic mass is 10.0. The number of carbonyl (C=O) groups is 1. The van der Waals surface area contributed by atoms with Crippen molar-refractivity contribution in [3.05, 3.63) is 29.6 Å². The van der Waals surface area contributed by atoms with Crippen molar-refractivity contribution in [3.8, 4) is 0 Å². The van der Waals surface area contributed by atoms with Crippen molar-refractivity contribution in [2.75, 3.05) is 44.8 Å². The van der Waals surface area contributed by atoms with Crippen molar-refractivity contribution < 1.29 is 19.0 Å². The second-order valence-electron chi connectivity index (χ2n) is 6.86. The number of anilines is 1. The fourth-order valence-electron chi connectivity index (χ4n) is 3.63. The monoisotopic (exact) mass is 336 g/mol. The molecule has 1 amide bonds. The highest BCUT2D eigenvalue weighted by Crippen LogP contribution is 2.30. The number of halogens is 1. The second kappa shape index (κ2) is 7.07. The van der Waals surface area contributed by atoms with E-state index in [0.717, 1.165) is 25.7 Å². The molecule has 6 heteroatoms. The average molecular weight is 336 g/mol. The second-order valence-corrected chi connectivity index (χ2v) is 6.86. The van der Waals surface area contributed by atoms with Crippen molar-refractivity contribution >= 4 is 11.6 Å².